The van der Waals surface area contributed by atoms with E-state index in [0.29, 0.717) is 18.2 Å². The van der Waals surface area contributed by atoms with E-state index in [2.05, 4.69) is 25.3 Å². The second-order valence-electron chi connectivity index (χ2n) is 5.79. The van der Waals surface area contributed by atoms with Crippen molar-refractivity contribution in [3.63, 3.8) is 0 Å². The van der Waals surface area contributed by atoms with Crippen LogP contribution in [-0.2, 0) is 11.3 Å². The van der Waals surface area contributed by atoms with Crippen molar-refractivity contribution in [3.05, 3.63) is 41.2 Å². The first kappa shape index (κ1) is 16.9. The fraction of sp³-hybridized carbons (Fsp3) is 0.438. The Balaban J connectivity index is 1.48. The molecule has 24 heavy (non-hydrogen) atoms. The fourth-order valence-corrected chi connectivity index (χ4v) is 3.26. The number of rotatable bonds is 5. The lowest BCUT2D eigenvalue weighted by molar-refractivity contribution is -0.117. The molecule has 128 valence electrons. The van der Waals surface area contributed by atoms with Crippen LogP contribution >= 0.6 is 11.3 Å². The zero-order chi connectivity index (χ0) is 16.8. The zero-order valence-corrected chi connectivity index (χ0v) is 14.1. The van der Waals surface area contributed by atoms with E-state index >= 15 is 0 Å². The molecule has 0 radical (unpaired) electrons. The van der Waals surface area contributed by atoms with Crippen LogP contribution in [0, 0.1) is 5.82 Å². The maximum absolute atomic E-state index is 13.8. The van der Waals surface area contributed by atoms with Gasteiger partial charge in [0.2, 0.25) is 11.0 Å². The zero-order valence-electron chi connectivity index (χ0n) is 13.3. The summed E-state index contributed by atoms with van der Waals surface area (Å²) in [5.41, 5.74) is 2.31. The Morgan fingerprint density at radius 1 is 1.21 bits per heavy atom. The molecular formula is C16H20FN5OS. The molecule has 0 unspecified atom stereocenters. The summed E-state index contributed by atoms with van der Waals surface area (Å²) in [6.45, 7) is 4.32. The molecule has 0 bridgehead atoms. The quantitative estimate of drug-likeness (QED) is 0.892. The second kappa shape index (κ2) is 8.27. The third-order valence-electron chi connectivity index (χ3n) is 4.01. The Hall–Kier alpha value is -1.90. The van der Waals surface area contributed by atoms with Gasteiger partial charge in [0.05, 0.1) is 6.54 Å². The number of benzene rings is 1. The van der Waals surface area contributed by atoms with Gasteiger partial charge in [0.1, 0.15) is 11.3 Å². The molecule has 1 saturated heterocycles. The van der Waals surface area contributed by atoms with Crippen molar-refractivity contribution >= 4 is 22.4 Å². The predicted molar refractivity (Wildman–Crippen MR) is 91.3 cm³/mol. The van der Waals surface area contributed by atoms with Gasteiger partial charge in [-0.05, 0) is 25.6 Å². The van der Waals surface area contributed by atoms with Gasteiger partial charge in [-0.25, -0.2) is 4.39 Å². The molecular weight excluding hydrogens is 329 g/mol. The van der Waals surface area contributed by atoms with E-state index in [0.717, 1.165) is 38.2 Å². The first-order valence-corrected chi connectivity index (χ1v) is 8.83. The van der Waals surface area contributed by atoms with Crippen molar-refractivity contribution in [2.24, 2.45) is 0 Å². The molecule has 1 fully saturated rings. The first-order chi connectivity index (χ1) is 11.7. The van der Waals surface area contributed by atoms with Crippen molar-refractivity contribution in [1.82, 2.24) is 20.0 Å². The van der Waals surface area contributed by atoms with Crippen LogP contribution in [0.2, 0.25) is 0 Å². The molecule has 0 aliphatic carbocycles. The minimum absolute atomic E-state index is 0.0747. The molecule has 1 amide bonds. The minimum atomic E-state index is -0.157. The number of carbonyl (C=O) groups excluding carboxylic acids is 1. The SMILES string of the molecule is O=C(CN1CCCN(Cc2ccccc2F)CC1)Nc1nncs1. The number of nitrogens with zero attached hydrogens (tertiary/aromatic N) is 4. The van der Waals surface area contributed by atoms with Gasteiger partial charge < -0.3 is 0 Å². The lowest BCUT2D eigenvalue weighted by Crippen LogP contribution is -2.36. The summed E-state index contributed by atoms with van der Waals surface area (Å²) in [5.74, 6) is -0.232. The molecule has 1 aromatic heterocycles. The predicted octanol–water partition coefficient (Wildman–Crippen LogP) is 1.82. The molecule has 2 heterocycles. The summed E-state index contributed by atoms with van der Waals surface area (Å²) in [6.07, 6.45) is 0.959. The van der Waals surface area contributed by atoms with E-state index in [1.54, 1.807) is 11.6 Å². The molecule has 2 aromatic rings. The Morgan fingerprint density at radius 2 is 2.00 bits per heavy atom. The van der Waals surface area contributed by atoms with Crippen LogP contribution in [0.3, 0.4) is 0 Å². The molecule has 6 nitrogen and oxygen atoms in total. The lowest BCUT2D eigenvalue weighted by atomic mass is 10.2. The smallest absolute Gasteiger partial charge is 0.240 e. The number of nitrogens with one attached hydrogen (secondary N) is 1. The molecule has 1 N–H and O–H groups in total. The number of hydrogen-bond donors (Lipinski definition) is 1. The highest BCUT2D eigenvalue weighted by atomic mass is 32.1. The van der Waals surface area contributed by atoms with E-state index in [1.165, 1.54) is 17.4 Å². The van der Waals surface area contributed by atoms with Crippen LogP contribution in [0.25, 0.3) is 0 Å². The number of amides is 1. The van der Waals surface area contributed by atoms with Gasteiger partial charge in [0, 0.05) is 25.2 Å². The highest BCUT2D eigenvalue weighted by molar-refractivity contribution is 7.13. The number of aromatic nitrogens is 2. The Bertz CT molecular complexity index is 666. The maximum Gasteiger partial charge on any atom is 0.240 e. The van der Waals surface area contributed by atoms with Gasteiger partial charge in [-0.2, -0.15) is 0 Å². The van der Waals surface area contributed by atoms with E-state index in [4.69, 9.17) is 0 Å². The van der Waals surface area contributed by atoms with Crippen LogP contribution in [0.15, 0.2) is 29.8 Å². The average molecular weight is 349 g/mol. The summed E-state index contributed by atoms with van der Waals surface area (Å²) in [7, 11) is 0. The van der Waals surface area contributed by atoms with Crippen molar-refractivity contribution in [2.45, 2.75) is 13.0 Å². The Labute approximate surface area is 144 Å². The van der Waals surface area contributed by atoms with Crippen LogP contribution in [0.5, 0.6) is 0 Å². The van der Waals surface area contributed by atoms with E-state index in [1.807, 2.05) is 12.1 Å². The maximum atomic E-state index is 13.8. The molecule has 3 rings (SSSR count). The van der Waals surface area contributed by atoms with Crippen molar-refractivity contribution < 1.29 is 9.18 Å². The van der Waals surface area contributed by atoms with Crippen molar-refractivity contribution in [1.29, 1.82) is 0 Å². The van der Waals surface area contributed by atoms with Gasteiger partial charge >= 0.3 is 0 Å². The third kappa shape index (κ3) is 4.80. The lowest BCUT2D eigenvalue weighted by Gasteiger charge is -2.21. The normalized spacial score (nSPS) is 16.7. The number of halogens is 1. The first-order valence-electron chi connectivity index (χ1n) is 7.95. The Kier molecular flexibility index (Phi) is 5.84. The van der Waals surface area contributed by atoms with Crippen LogP contribution in [0.4, 0.5) is 9.52 Å². The molecule has 1 aliphatic rings. The summed E-state index contributed by atoms with van der Waals surface area (Å²) in [4.78, 5) is 16.4. The van der Waals surface area contributed by atoms with Crippen LogP contribution in [-0.4, -0.2) is 58.6 Å². The topological polar surface area (TPSA) is 61.4 Å². The van der Waals surface area contributed by atoms with Gasteiger partial charge in [0.25, 0.3) is 0 Å². The average Bonchev–Trinajstić information content (AvgIpc) is 2.97. The number of anilines is 1. The number of hydrogen-bond acceptors (Lipinski definition) is 6. The second-order valence-corrected chi connectivity index (χ2v) is 6.62. The van der Waals surface area contributed by atoms with Crippen LogP contribution in [0.1, 0.15) is 12.0 Å². The molecule has 1 aromatic carbocycles. The molecule has 8 heteroatoms. The standard InChI is InChI=1S/C16H20FN5OS/c17-14-5-2-1-4-13(14)10-21-6-3-7-22(9-8-21)11-15(23)19-16-20-18-12-24-16/h1-2,4-5,12H,3,6-11H2,(H,19,20,23). The Morgan fingerprint density at radius 3 is 2.79 bits per heavy atom. The van der Waals surface area contributed by atoms with Crippen molar-refractivity contribution in [3.8, 4) is 0 Å². The highest BCUT2D eigenvalue weighted by Gasteiger charge is 2.18. The summed E-state index contributed by atoms with van der Waals surface area (Å²) >= 11 is 1.30. The third-order valence-corrected chi connectivity index (χ3v) is 4.61. The molecule has 0 spiro atoms. The highest BCUT2D eigenvalue weighted by Crippen LogP contribution is 2.13. The fourth-order valence-electron chi connectivity index (χ4n) is 2.80. The van der Waals surface area contributed by atoms with Gasteiger partial charge in [-0.3, -0.25) is 19.9 Å². The van der Waals surface area contributed by atoms with E-state index in [-0.39, 0.29) is 11.7 Å². The van der Waals surface area contributed by atoms with E-state index in [9.17, 15) is 9.18 Å². The molecule has 0 atom stereocenters. The minimum Gasteiger partial charge on any atom is -0.299 e. The summed E-state index contributed by atoms with van der Waals surface area (Å²) in [6, 6.07) is 6.89. The largest absolute Gasteiger partial charge is 0.299 e. The van der Waals surface area contributed by atoms with Gasteiger partial charge in [0.15, 0.2) is 0 Å². The van der Waals surface area contributed by atoms with Gasteiger partial charge in [-0.1, -0.05) is 29.5 Å². The summed E-state index contributed by atoms with van der Waals surface area (Å²) in [5, 5.41) is 10.8. The van der Waals surface area contributed by atoms with Gasteiger partial charge in [-0.15, -0.1) is 10.2 Å². The monoisotopic (exact) mass is 349 g/mol. The molecule has 1 aliphatic heterocycles. The van der Waals surface area contributed by atoms with Crippen LogP contribution < -0.4 is 5.32 Å². The van der Waals surface area contributed by atoms with E-state index < -0.39 is 0 Å². The summed E-state index contributed by atoms with van der Waals surface area (Å²) < 4.78 is 13.8. The van der Waals surface area contributed by atoms with Crippen molar-refractivity contribution in [2.75, 3.05) is 38.0 Å². The molecule has 0 saturated carbocycles. The number of carbonyl (C=O) groups is 1.